The number of unbranched alkanes of at least 4 members (excludes halogenated alkanes) is 1. The summed E-state index contributed by atoms with van der Waals surface area (Å²) in [4.78, 5) is 15.3. The first-order chi connectivity index (χ1) is 19.2. The summed E-state index contributed by atoms with van der Waals surface area (Å²) in [7, 11) is -3.56. The van der Waals surface area contributed by atoms with Crippen molar-refractivity contribution in [3.63, 3.8) is 0 Å². The van der Waals surface area contributed by atoms with Crippen molar-refractivity contribution in [3.8, 4) is 11.4 Å². The summed E-state index contributed by atoms with van der Waals surface area (Å²) in [6, 6.07) is 9.52. The van der Waals surface area contributed by atoms with Crippen molar-refractivity contribution in [1.29, 1.82) is 0 Å². The predicted molar refractivity (Wildman–Crippen MR) is 149 cm³/mol. The van der Waals surface area contributed by atoms with Crippen LogP contribution in [0.15, 0.2) is 53.5 Å². The van der Waals surface area contributed by atoms with E-state index in [-0.39, 0.29) is 30.3 Å². The van der Waals surface area contributed by atoms with Crippen molar-refractivity contribution in [2.75, 3.05) is 43.4 Å². The number of ether oxygens (including phenoxy) is 1. The molecule has 0 amide bonds. The number of nitrogens with two attached hydrogens (primary N) is 1. The van der Waals surface area contributed by atoms with Crippen molar-refractivity contribution in [3.05, 3.63) is 76.2 Å². The van der Waals surface area contributed by atoms with Crippen molar-refractivity contribution >= 4 is 21.4 Å². The summed E-state index contributed by atoms with van der Waals surface area (Å²) in [6.07, 6.45) is 6.86. The van der Waals surface area contributed by atoms with Gasteiger partial charge in [0.25, 0.3) is 0 Å². The van der Waals surface area contributed by atoms with Crippen LogP contribution in [0.4, 0.5) is 20.2 Å². The second-order valence-corrected chi connectivity index (χ2v) is 12.3. The summed E-state index contributed by atoms with van der Waals surface area (Å²) in [5.41, 5.74) is 6.66. The molecule has 40 heavy (non-hydrogen) atoms. The zero-order valence-electron chi connectivity index (χ0n) is 22.1. The van der Waals surface area contributed by atoms with Gasteiger partial charge in [-0.3, -0.25) is 4.79 Å². The summed E-state index contributed by atoms with van der Waals surface area (Å²) in [5, 5.41) is 4.18. The molecule has 2 aliphatic rings. The molecule has 1 saturated carbocycles. The van der Waals surface area contributed by atoms with Crippen molar-refractivity contribution in [1.82, 2.24) is 14.1 Å². The Kier molecular flexibility index (Phi) is 8.36. The monoisotopic (exact) mass is 573 g/mol. The van der Waals surface area contributed by atoms with Gasteiger partial charge < -0.3 is 15.4 Å². The van der Waals surface area contributed by atoms with Crippen molar-refractivity contribution < 1.29 is 21.9 Å². The fourth-order valence-electron chi connectivity index (χ4n) is 4.87. The van der Waals surface area contributed by atoms with Gasteiger partial charge >= 0.3 is 5.56 Å². The first-order valence-corrected chi connectivity index (χ1v) is 15.1. The molecule has 0 atom stereocenters. The van der Waals surface area contributed by atoms with E-state index in [9.17, 15) is 22.0 Å². The fourth-order valence-corrected chi connectivity index (χ4v) is 6.39. The van der Waals surface area contributed by atoms with Gasteiger partial charge in [0, 0.05) is 37.9 Å². The molecular formula is C28H33F2N5O4S. The number of hydrogen-bond acceptors (Lipinski definition) is 7. The number of sulfonamides is 1. The van der Waals surface area contributed by atoms with E-state index in [1.807, 2.05) is 4.90 Å². The van der Waals surface area contributed by atoms with Crippen LogP contribution in [0.25, 0.3) is 5.69 Å². The van der Waals surface area contributed by atoms with Crippen LogP contribution in [-0.4, -0.2) is 55.3 Å². The standard InChI is InChI=1S/C28H33F2N5O4S/c29-22-15-23(30)17-25(16-22)35-28(36)27(39-14-2-1-3-20-4-5-20)26(18-32-35)33-10-12-34(13-11-33)40(37,38)19-21-6-8-24(31)9-7-21/h6-9,15-18,20H,1-5,10-14,19,31H2. The molecule has 1 aliphatic carbocycles. The molecule has 1 aromatic heterocycles. The van der Waals surface area contributed by atoms with Crippen molar-refractivity contribution in [2.45, 2.75) is 37.9 Å². The van der Waals surface area contributed by atoms with Gasteiger partial charge in [-0.25, -0.2) is 17.2 Å². The highest BCUT2D eigenvalue weighted by molar-refractivity contribution is 7.88. The van der Waals surface area contributed by atoms with Gasteiger partial charge in [0.05, 0.1) is 24.2 Å². The number of aromatic nitrogens is 2. The summed E-state index contributed by atoms with van der Waals surface area (Å²) >= 11 is 0. The SMILES string of the molecule is Nc1ccc(CS(=O)(=O)N2CCN(c3cnn(-c4cc(F)cc(F)c4)c(=O)c3OCCCCC3CC3)CC2)cc1. The van der Waals surface area contributed by atoms with Crippen LogP contribution in [0.3, 0.4) is 0 Å². The Hall–Kier alpha value is -3.51. The number of benzene rings is 2. The second-order valence-electron chi connectivity index (χ2n) is 10.4. The largest absolute Gasteiger partial charge is 0.486 e. The Morgan fingerprint density at radius 1 is 0.975 bits per heavy atom. The first-order valence-electron chi connectivity index (χ1n) is 13.5. The number of rotatable bonds is 11. The lowest BCUT2D eigenvalue weighted by molar-refractivity contribution is 0.296. The van der Waals surface area contributed by atoms with Gasteiger partial charge in [-0.15, -0.1) is 0 Å². The first kappa shape index (κ1) is 28.0. The molecule has 0 bridgehead atoms. The highest BCUT2D eigenvalue weighted by atomic mass is 32.2. The molecular weight excluding hydrogens is 540 g/mol. The maximum atomic E-state index is 13.9. The molecule has 9 nitrogen and oxygen atoms in total. The van der Waals surface area contributed by atoms with Crippen LogP contribution in [0.1, 0.15) is 37.7 Å². The average Bonchev–Trinajstić information content (AvgIpc) is 3.74. The molecule has 0 radical (unpaired) electrons. The van der Waals surface area contributed by atoms with Gasteiger partial charge in [0.15, 0.2) is 0 Å². The Bertz CT molecular complexity index is 1480. The van der Waals surface area contributed by atoms with Gasteiger partial charge in [-0.05, 0) is 48.6 Å². The van der Waals surface area contributed by atoms with E-state index in [4.69, 9.17) is 10.5 Å². The summed E-state index contributed by atoms with van der Waals surface area (Å²) in [5.74, 6) is -0.962. The molecule has 2 heterocycles. The smallest absolute Gasteiger partial charge is 0.316 e. The molecule has 2 N–H and O–H groups in total. The number of anilines is 2. The Balaban J connectivity index is 1.33. The molecule has 2 fully saturated rings. The molecule has 5 rings (SSSR count). The molecule has 214 valence electrons. The van der Waals surface area contributed by atoms with E-state index in [0.29, 0.717) is 36.6 Å². The van der Waals surface area contributed by atoms with Crippen LogP contribution in [-0.2, 0) is 15.8 Å². The normalized spacial score (nSPS) is 16.3. The predicted octanol–water partition coefficient (Wildman–Crippen LogP) is 3.70. The number of halogens is 2. The van der Waals surface area contributed by atoms with Crippen molar-refractivity contribution in [2.24, 2.45) is 5.92 Å². The number of nitrogen functional groups attached to an aromatic ring is 1. The second kappa shape index (κ2) is 11.9. The highest BCUT2D eigenvalue weighted by Gasteiger charge is 2.29. The highest BCUT2D eigenvalue weighted by Crippen LogP contribution is 2.34. The van der Waals surface area contributed by atoms with Crippen LogP contribution in [0.2, 0.25) is 0 Å². The molecule has 3 aromatic rings. The third-order valence-corrected chi connectivity index (χ3v) is 9.11. The van der Waals surface area contributed by atoms with Gasteiger partial charge in [-0.1, -0.05) is 31.4 Å². The minimum absolute atomic E-state index is 0.0317. The quantitative estimate of drug-likeness (QED) is 0.275. The summed E-state index contributed by atoms with van der Waals surface area (Å²) in [6.45, 7) is 1.39. The lowest BCUT2D eigenvalue weighted by Crippen LogP contribution is -2.49. The van der Waals surface area contributed by atoms with Crippen LogP contribution >= 0.6 is 0 Å². The maximum absolute atomic E-state index is 13.9. The van der Waals surface area contributed by atoms with Gasteiger partial charge in [0.1, 0.15) is 17.3 Å². The van der Waals surface area contributed by atoms with Gasteiger partial charge in [-0.2, -0.15) is 14.1 Å². The van der Waals surface area contributed by atoms with Crippen LogP contribution < -0.4 is 20.9 Å². The van der Waals surface area contributed by atoms with Gasteiger partial charge in [0.2, 0.25) is 15.8 Å². The maximum Gasteiger partial charge on any atom is 0.316 e. The van der Waals surface area contributed by atoms with E-state index in [1.165, 1.54) is 23.3 Å². The number of nitrogens with zero attached hydrogens (tertiary/aromatic N) is 4. The molecule has 0 spiro atoms. The van der Waals surface area contributed by atoms with E-state index < -0.39 is 27.2 Å². The minimum atomic E-state index is -3.56. The molecule has 0 unspecified atom stereocenters. The Morgan fingerprint density at radius 2 is 1.65 bits per heavy atom. The average molecular weight is 574 g/mol. The molecule has 1 aliphatic heterocycles. The van der Waals surface area contributed by atoms with Crippen LogP contribution in [0.5, 0.6) is 5.75 Å². The lowest BCUT2D eigenvalue weighted by atomic mass is 10.2. The molecule has 2 aromatic carbocycles. The Morgan fingerprint density at radius 3 is 2.30 bits per heavy atom. The topological polar surface area (TPSA) is 111 Å². The fraction of sp³-hybridized carbons (Fsp3) is 0.429. The van der Waals surface area contributed by atoms with E-state index in [2.05, 4.69) is 5.10 Å². The van der Waals surface area contributed by atoms with E-state index in [0.717, 1.165) is 48.1 Å². The van der Waals surface area contributed by atoms with E-state index >= 15 is 0 Å². The lowest BCUT2D eigenvalue weighted by Gasteiger charge is -2.35. The minimum Gasteiger partial charge on any atom is -0.486 e. The third-order valence-electron chi connectivity index (χ3n) is 7.26. The van der Waals surface area contributed by atoms with E-state index in [1.54, 1.807) is 24.3 Å². The zero-order chi connectivity index (χ0) is 28.3. The summed E-state index contributed by atoms with van der Waals surface area (Å²) < 4.78 is 62.2. The Labute approximate surface area is 232 Å². The number of piperazine rings is 1. The molecule has 12 heteroatoms. The molecule has 1 saturated heterocycles. The third kappa shape index (κ3) is 6.79. The number of hydrogen-bond donors (Lipinski definition) is 1. The zero-order valence-corrected chi connectivity index (χ0v) is 23.0. The van der Waals surface area contributed by atoms with Crippen LogP contribution in [0, 0.1) is 17.6 Å².